The van der Waals surface area contributed by atoms with E-state index in [2.05, 4.69) is 5.32 Å². The summed E-state index contributed by atoms with van der Waals surface area (Å²) in [7, 11) is -7.74. The molecule has 0 heterocycles. The Kier molecular flexibility index (Phi) is 7.88. The first-order valence-electron chi connectivity index (χ1n) is 10.5. The molecule has 0 saturated heterocycles. The summed E-state index contributed by atoms with van der Waals surface area (Å²) in [6.45, 7) is 3.54. The molecule has 0 aliphatic carbocycles. The third kappa shape index (κ3) is 6.73. The maximum atomic E-state index is 13.4. The molecule has 180 valence electrons. The summed E-state index contributed by atoms with van der Waals surface area (Å²) in [4.78, 5) is 12.8. The van der Waals surface area contributed by atoms with E-state index in [1.54, 1.807) is 12.1 Å². The molecule has 34 heavy (non-hydrogen) atoms. The number of nitrogens with one attached hydrogen (secondary N) is 1. The van der Waals surface area contributed by atoms with Crippen LogP contribution in [-0.4, -0.2) is 33.6 Å². The normalized spacial score (nSPS) is 12.0. The molecule has 0 bridgehead atoms. The Hall–Kier alpha value is -3.05. The molecular formula is C24H27N3O5S2. The highest BCUT2D eigenvalue weighted by molar-refractivity contribution is 7.89. The van der Waals surface area contributed by atoms with Crippen LogP contribution in [0.25, 0.3) is 0 Å². The van der Waals surface area contributed by atoms with Gasteiger partial charge in [0.1, 0.15) is 0 Å². The summed E-state index contributed by atoms with van der Waals surface area (Å²) in [6, 6.07) is 19.7. The quantitative estimate of drug-likeness (QED) is 0.466. The maximum absolute atomic E-state index is 13.4. The summed E-state index contributed by atoms with van der Waals surface area (Å²) in [5.41, 5.74) is 3.32. The molecule has 10 heteroatoms. The van der Waals surface area contributed by atoms with Crippen LogP contribution in [0, 0.1) is 13.8 Å². The number of benzene rings is 3. The van der Waals surface area contributed by atoms with Crippen LogP contribution in [0.1, 0.15) is 22.3 Å². The lowest BCUT2D eigenvalue weighted by atomic mass is 10.1. The van der Waals surface area contributed by atoms with Gasteiger partial charge in [0.05, 0.1) is 16.3 Å². The van der Waals surface area contributed by atoms with E-state index in [1.807, 2.05) is 38.1 Å². The molecule has 0 fully saturated rings. The van der Waals surface area contributed by atoms with Gasteiger partial charge < -0.3 is 5.32 Å². The van der Waals surface area contributed by atoms with Gasteiger partial charge in [-0.2, -0.15) is 4.31 Å². The largest absolute Gasteiger partial charge is 0.351 e. The summed E-state index contributed by atoms with van der Waals surface area (Å²) >= 11 is 0. The van der Waals surface area contributed by atoms with Crippen LogP contribution in [0.5, 0.6) is 0 Å². The standard InChI is InChI=1S/C24H27N3O5S2/c1-18-6-10-23(11-7-18)34(31,32)27(16-21-5-3-4-19(2)14-21)17-24(28)26-15-20-8-12-22(13-9-20)33(25,29)30/h3-14H,15-17H2,1-2H3,(H,26,28)(H2,25,29,30). The molecule has 0 aliphatic heterocycles. The first-order chi connectivity index (χ1) is 15.9. The number of nitrogens with zero attached hydrogens (tertiary/aromatic N) is 1. The lowest BCUT2D eigenvalue weighted by Crippen LogP contribution is -2.40. The Morgan fingerprint density at radius 2 is 1.44 bits per heavy atom. The highest BCUT2D eigenvalue weighted by atomic mass is 32.2. The van der Waals surface area contributed by atoms with Crippen molar-refractivity contribution >= 4 is 26.0 Å². The van der Waals surface area contributed by atoms with Gasteiger partial charge in [0.15, 0.2) is 0 Å². The van der Waals surface area contributed by atoms with Gasteiger partial charge in [-0.25, -0.2) is 22.0 Å². The summed E-state index contributed by atoms with van der Waals surface area (Å²) < 4.78 is 50.6. The topological polar surface area (TPSA) is 127 Å². The van der Waals surface area contributed by atoms with Crippen LogP contribution in [0.3, 0.4) is 0 Å². The molecule has 0 spiro atoms. The van der Waals surface area contributed by atoms with Gasteiger partial charge in [-0.1, -0.05) is 59.7 Å². The second-order valence-electron chi connectivity index (χ2n) is 8.04. The smallest absolute Gasteiger partial charge is 0.243 e. The van der Waals surface area contributed by atoms with Gasteiger partial charge in [0.2, 0.25) is 26.0 Å². The number of hydrogen-bond acceptors (Lipinski definition) is 5. The van der Waals surface area contributed by atoms with E-state index >= 15 is 0 Å². The molecule has 0 saturated carbocycles. The monoisotopic (exact) mass is 501 g/mol. The van der Waals surface area contributed by atoms with Crippen LogP contribution in [0.4, 0.5) is 0 Å². The molecule has 0 unspecified atom stereocenters. The van der Waals surface area contributed by atoms with E-state index in [-0.39, 0.29) is 29.4 Å². The molecule has 1 amide bonds. The Bertz CT molecular complexity index is 1370. The molecule has 0 aliphatic rings. The average Bonchev–Trinajstić information content (AvgIpc) is 2.77. The molecule has 3 rings (SSSR count). The third-order valence-electron chi connectivity index (χ3n) is 5.16. The second kappa shape index (κ2) is 10.5. The van der Waals surface area contributed by atoms with Gasteiger partial charge >= 0.3 is 0 Å². The number of hydrogen-bond donors (Lipinski definition) is 2. The first-order valence-corrected chi connectivity index (χ1v) is 13.4. The minimum atomic E-state index is -3.94. The molecule has 3 N–H and O–H groups in total. The molecule has 8 nitrogen and oxygen atoms in total. The predicted octanol–water partition coefficient (Wildman–Crippen LogP) is 2.46. The summed E-state index contributed by atoms with van der Waals surface area (Å²) in [6.07, 6.45) is 0. The number of carbonyl (C=O) groups is 1. The van der Waals surface area contributed by atoms with E-state index < -0.39 is 26.0 Å². The lowest BCUT2D eigenvalue weighted by Gasteiger charge is -2.22. The van der Waals surface area contributed by atoms with Crippen LogP contribution < -0.4 is 10.5 Å². The summed E-state index contributed by atoms with van der Waals surface area (Å²) in [5.74, 6) is -0.487. The van der Waals surface area contributed by atoms with Crippen molar-refractivity contribution in [3.63, 3.8) is 0 Å². The van der Waals surface area contributed by atoms with Gasteiger partial charge in [0.25, 0.3) is 0 Å². The lowest BCUT2D eigenvalue weighted by molar-refractivity contribution is -0.121. The van der Waals surface area contributed by atoms with Crippen LogP contribution >= 0.6 is 0 Å². The molecule has 0 atom stereocenters. The fraction of sp³-hybridized carbons (Fsp3) is 0.208. The second-order valence-corrected chi connectivity index (χ2v) is 11.5. The average molecular weight is 502 g/mol. The highest BCUT2D eigenvalue weighted by Gasteiger charge is 2.27. The predicted molar refractivity (Wildman–Crippen MR) is 130 cm³/mol. The Morgan fingerprint density at radius 1 is 0.824 bits per heavy atom. The van der Waals surface area contributed by atoms with Gasteiger partial charge in [-0.3, -0.25) is 4.79 Å². The van der Waals surface area contributed by atoms with Crippen molar-refractivity contribution in [1.82, 2.24) is 9.62 Å². The zero-order valence-electron chi connectivity index (χ0n) is 18.9. The Labute approximate surface area is 200 Å². The van der Waals surface area contributed by atoms with Crippen molar-refractivity contribution in [2.75, 3.05) is 6.54 Å². The van der Waals surface area contributed by atoms with Crippen molar-refractivity contribution < 1.29 is 21.6 Å². The minimum Gasteiger partial charge on any atom is -0.351 e. The maximum Gasteiger partial charge on any atom is 0.243 e. The van der Waals surface area contributed by atoms with E-state index in [0.29, 0.717) is 5.56 Å². The van der Waals surface area contributed by atoms with Crippen LogP contribution in [0.2, 0.25) is 0 Å². The fourth-order valence-electron chi connectivity index (χ4n) is 3.31. The number of aryl methyl sites for hydroxylation is 2. The number of sulfonamides is 2. The fourth-order valence-corrected chi connectivity index (χ4v) is 5.21. The van der Waals surface area contributed by atoms with E-state index in [0.717, 1.165) is 21.0 Å². The van der Waals surface area contributed by atoms with E-state index in [9.17, 15) is 21.6 Å². The van der Waals surface area contributed by atoms with Crippen molar-refractivity contribution in [3.05, 3.63) is 95.1 Å². The number of nitrogens with two attached hydrogens (primary N) is 1. The first kappa shape index (κ1) is 25.6. The van der Waals surface area contributed by atoms with E-state index in [1.165, 1.54) is 36.4 Å². The highest BCUT2D eigenvalue weighted by Crippen LogP contribution is 2.19. The van der Waals surface area contributed by atoms with Crippen molar-refractivity contribution in [1.29, 1.82) is 0 Å². The van der Waals surface area contributed by atoms with Gasteiger partial charge in [-0.15, -0.1) is 0 Å². The molecule has 3 aromatic rings. The number of primary sulfonamides is 1. The zero-order valence-corrected chi connectivity index (χ0v) is 20.6. The Balaban J connectivity index is 1.77. The van der Waals surface area contributed by atoms with Gasteiger partial charge in [-0.05, 0) is 49.2 Å². The van der Waals surface area contributed by atoms with Crippen molar-refractivity contribution in [2.45, 2.75) is 36.7 Å². The minimum absolute atomic E-state index is 0.0314. The van der Waals surface area contributed by atoms with Gasteiger partial charge in [0, 0.05) is 13.1 Å². The number of carbonyl (C=O) groups excluding carboxylic acids is 1. The Morgan fingerprint density at radius 3 is 2.03 bits per heavy atom. The molecule has 3 aromatic carbocycles. The molecule has 0 aromatic heterocycles. The SMILES string of the molecule is Cc1ccc(S(=O)(=O)N(CC(=O)NCc2ccc(S(N)(=O)=O)cc2)Cc2cccc(C)c2)cc1. The molecule has 0 radical (unpaired) electrons. The number of rotatable bonds is 9. The number of amides is 1. The van der Waals surface area contributed by atoms with Crippen LogP contribution in [0.15, 0.2) is 82.6 Å². The summed E-state index contributed by atoms with van der Waals surface area (Å²) in [5, 5.41) is 7.79. The zero-order chi connectivity index (χ0) is 24.9. The van der Waals surface area contributed by atoms with Crippen LogP contribution in [-0.2, 0) is 37.9 Å². The van der Waals surface area contributed by atoms with Crippen molar-refractivity contribution in [3.8, 4) is 0 Å². The molecular weight excluding hydrogens is 474 g/mol. The van der Waals surface area contributed by atoms with E-state index in [4.69, 9.17) is 5.14 Å². The van der Waals surface area contributed by atoms with Crippen molar-refractivity contribution in [2.24, 2.45) is 5.14 Å². The third-order valence-corrected chi connectivity index (χ3v) is 7.90.